The monoisotopic (exact) mass is 367 g/mol. The molecular weight excluding hydrogens is 350 g/mol. The van der Waals surface area contributed by atoms with Crippen LogP contribution in [0.3, 0.4) is 0 Å². The van der Waals surface area contributed by atoms with Gasteiger partial charge in [-0.3, -0.25) is 9.59 Å². The average molecular weight is 368 g/mol. The number of anilines is 2. The predicted molar refractivity (Wildman–Crippen MR) is 97.7 cm³/mol. The molecule has 0 aliphatic heterocycles. The van der Waals surface area contributed by atoms with Gasteiger partial charge in [0, 0.05) is 5.69 Å². The van der Waals surface area contributed by atoms with E-state index >= 15 is 0 Å². The molecule has 0 radical (unpaired) electrons. The fourth-order valence-corrected chi connectivity index (χ4v) is 2.61. The molecule has 0 bridgehead atoms. The van der Waals surface area contributed by atoms with E-state index in [1.54, 1.807) is 42.1 Å². The van der Waals surface area contributed by atoms with Crippen molar-refractivity contribution >= 4 is 46.6 Å². The van der Waals surface area contributed by atoms with Crippen LogP contribution < -0.4 is 16.4 Å². The highest BCUT2D eigenvalue weighted by Gasteiger charge is 2.15. The maximum atomic E-state index is 12.0. The first-order valence-corrected chi connectivity index (χ1v) is 8.98. The van der Waals surface area contributed by atoms with E-state index < -0.39 is 11.9 Å². The van der Waals surface area contributed by atoms with Gasteiger partial charge in [0.15, 0.2) is 5.76 Å². The van der Waals surface area contributed by atoms with Crippen LogP contribution in [0.25, 0.3) is 0 Å². The van der Waals surface area contributed by atoms with Gasteiger partial charge in [0.1, 0.15) is 0 Å². The molecule has 8 heteroatoms. The molecule has 0 unspecified atom stereocenters. The second-order valence-electron chi connectivity index (χ2n) is 5.00. The molecule has 2 amide bonds. The van der Waals surface area contributed by atoms with Crippen LogP contribution in [0.4, 0.5) is 11.4 Å². The summed E-state index contributed by atoms with van der Waals surface area (Å²) in [5, 5.41) is 5.65. The zero-order valence-electron chi connectivity index (χ0n) is 13.0. The van der Waals surface area contributed by atoms with Gasteiger partial charge in [0.2, 0.25) is 5.91 Å². The number of thioether (sulfide) groups is 1. The summed E-state index contributed by atoms with van der Waals surface area (Å²) in [6.07, 6.45) is 3.97. The van der Waals surface area contributed by atoms with E-state index in [0.717, 1.165) is 5.75 Å². The molecule has 1 aromatic heterocycles. The first-order valence-electron chi connectivity index (χ1n) is 7.21. The van der Waals surface area contributed by atoms with Gasteiger partial charge in [-0.2, -0.15) is 11.8 Å². The van der Waals surface area contributed by atoms with Crippen LogP contribution in [0.5, 0.6) is 0 Å². The van der Waals surface area contributed by atoms with Gasteiger partial charge in [-0.1, -0.05) is 11.6 Å². The average Bonchev–Trinajstić information content (AvgIpc) is 3.09. The van der Waals surface area contributed by atoms with Crippen molar-refractivity contribution in [2.75, 3.05) is 22.6 Å². The van der Waals surface area contributed by atoms with E-state index in [-0.39, 0.29) is 11.7 Å². The molecule has 0 saturated heterocycles. The van der Waals surface area contributed by atoms with Crippen molar-refractivity contribution in [1.29, 1.82) is 0 Å². The van der Waals surface area contributed by atoms with Gasteiger partial charge >= 0.3 is 0 Å². The third kappa shape index (κ3) is 5.02. The molecule has 4 N–H and O–H groups in total. The Bertz CT molecular complexity index is 707. The van der Waals surface area contributed by atoms with Gasteiger partial charge < -0.3 is 20.8 Å². The summed E-state index contributed by atoms with van der Waals surface area (Å²) >= 11 is 7.78. The fourth-order valence-electron chi connectivity index (χ4n) is 1.90. The Labute approximate surface area is 149 Å². The number of nitrogens with one attached hydrogen (secondary N) is 2. The number of hydrogen-bond acceptors (Lipinski definition) is 5. The third-order valence-electron chi connectivity index (χ3n) is 3.20. The highest BCUT2D eigenvalue weighted by molar-refractivity contribution is 7.98. The lowest BCUT2D eigenvalue weighted by Crippen LogP contribution is -2.36. The molecule has 6 nitrogen and oxygen atoms in total. The first-order chi connectivity index (χ1) is 11.5. The maximum Gasteiger partial charge on any atom is 0.291 e. The summed E-state index contributed by atoms with van der Waals surface area (Å²) in [4.78, 5) is 23.9. The van der Waals surface area contributed by atoms with Crippen molar-refractivity contribution in [2.45, 2.75) is 12.5 Å². The van der Waals surface area contributed by atoms with Crippen molar-refractivity contribution in [1.82, 2.24) is 0 Å². The number of carbonyl (C=O) groups excluding carboxylic acids is 2. The number of amides is 2. The number of rotatable bonds is 7. The SMILES string of the molecule is CSCC[C@H](N)C(=O)Nc1ccc(NC(=O)c2ccco2)c(Cl)c1. The summed E-state index contributed by atoms with van der Waals surface area (Å²) in [6.45, 7) is 0. The van der Waals surface area contributed by atoms with Crippen LogP contribution in [0, 0.1) is 0 Å². The highest BCUT2D eigenvalue weighted by Crippen LogP contribution is 2.26. The Balaban J connectivity index is 1.99. The standard InChI is InChI=1S/C16H18ClN3O3S/c1-24-8-6-12(18)15(21)19-10-4-5-13(11(17)9-10)20-16(22)14-3-2-7-23-14/h2-5,7,9,12H,6,8,18H2,1H3,(H,19,21)(H,20,22)/t12-/m0/s1. The summed E-state index contributed by atoms with van der Waals surface area (Å²) < 4.78 is 5.01. The second kappa shape index (κ2) is 8.77. The zero-order valence-corrected chi connectivity index (χ0v) is 14.6. The highest BCUT2D eigenvalue weighted by atomic mass is 35.5. The number of benzene rings is 1. The Morgan fingerprint density at radius 2 is 2.12 bits per heavy atom. The lowest BCUT2D eigenvalue weighted by Gasteiger charge is -2.13. The largest absolute Gasteiger partial charge is 0.459 e. The minimum Gasteiger partial charge on any atom is -0.459 e. The smallest absolute Gasteiger partial charge is 0.291 e. The molecule has 0 saturated carbocycles. The predicted octanol–water partition coefficient (Wildman–Crippen LogP) is 3.20. The first kappa shape index (κ1) is 18.4. The molecule has 128 valence electrons. The van der Waals surface area contributed by atoms with E-state index in [0.29, 0.717) is 22.8 Å². The van der Waals surface area contributed by atoms with Crippen LogP contribution in [-0.2, 0) is 4.79 Å². The van der Waals surface area contributed by atoms with Gasteiger partial charge in [0.05, 0.1) is 23.0 Å². The number of carbonyl (C=O) groups is 2. The number of nitrogens with two attached hydrogens (primary N) is 1. The molecule has 0 spiro atoms. The van der Waals surface area contributed by atoms with E-state index in [4.69, 9.17) is 21.8 Å². The summed E-state index contributed by atoms with van der Waals surface area (Å²) in [6, 6.07) is 7.39. The van der Waals surface area contributed by atoms with Crippen LogP contribution in [0.15, 0.2) is 41.0 Å². The molecular formula is C16H18ClN3O3S. The normalized spacial score (nSPS) is 11.8. The van der Waals surface area contributed by atoms with Crippen LogP contribution in [0.2, 0.25) is 5.02 Å². The van der Waals surface area contributed by atoms with Crippen LogP contribution in [0.1, 0.15) is 17.0 Å². The summed E-state index contributed by atoms with van der Waals surface area (Å²) in [5.74, 6) is 0.320. The lowest BCUT2D eigenvalue weighted by atomic mass is 10.2. The Morgan fingerprint density at radius 1 is 1.33 bits per heavy atom. The third-order valence-corrected chi connectivity index (χ3v) is 4.16. The Kier molecular flexibility index (Phi) is 6.72. The van der Waals surface area contributed by atoms with E-state index in [2.05, 4.69) is 10.6 Å². The van der Waals surface area contributed by atoms with Crippen molar-refractivity contribution in [3.63, 3.8) is 0 Å². The second-order valence-corrected chi connectivity index (χ2v) is 6.40. The zero-order chi connectivity index (χ0) is 17.5. The van der Waals surface area contributed by atoms with Gasteiger partial charge in [-0.05, 0) is 48.8 Å². The minimum absolute atomic E-state index is 0.184. The van der Waals surface area contributed by atoms with E-state index in [1.807, 2.05) is 6.26 Å². The minimum atomic E-state index is -0.574. The molecule has 0 fully saturated rings. The maximum absolute atomic E-state index is 12.0. The molecule has 1 atom stereocenters. The van der Waals surface area contributed by atoms with Crippen LogP contribution in [-0.4, -0.2) is 29.9 Å². The van der Waals surface area contributed by atoms with Crippen LogP contribution >= 0.6 is 23.4 Å². The summed E-state index contributed by atoms with van der Waals surface area (Å²) in [5.41, 5.74) is 6.75. The molecule has 2 aromatic rings. The van der Waals surface area contributed by atoms with E-state index in [1.165, 1.54) is 6.26 Å². The molecule has 24 heavy (non-hydrogen) atoms. The topological polar surface area (TPSA) is 97.4 Å². The summed E-state index contributed by atoms with van der Waals surface area (Å²) in [7, 11) is 0. The Morgan fingerprint density at radius 3 is 2.75 bits per heavy atom. The van der Waals surface area contributed by atoms with E-state index in [9.17, 15) is 9.59 Å². The molecule has 2 rings (SSSR count). The number of furan rings is 1. The van der Waals surface area contributed by atoms with Crippen molar-refractivity contribution in [2.24, 2.45) is 5.73 Å². The van der Waals surface area contributed by atoms with Gasteiger partial charge in [0.25, 0.3) is 5.91 Å². The molecule has 0 aliphatic rings. The fraction of sp³-hybridized carbons (Fsp3) is 0.250. The van der Waals surface area contributed by atoms with Gasteiger partial charge in [-0.25, -0.2) is 0 Å². The molecule has 1 heterocycles. The van der Waals surface area contributed by atoms with Crippen molar-refractivity contribution in [3.05, 3.63) is 47.4 Å². The molecule has 1 aromatic carbocycles. The van der Waals surface area contributed by atoms with Crippen molar-refractivity contribution in [3.8, 4) is 0 Å². The lowest BCUT2D eigenvalue weighted by molar-refractivity contribution is -0.117. The van der Waals surface area contributed by atoms with Gasteiger partial charge in [-0.15, -0.1) is 0 Å². The Hall–Kier alpha value is -1.96. The number of halogens is 1. The number of hydrogen-bond donors (Lipinski definition) is 3. The molecule has 0 aliphatic carbocycles. The van der Waals surface area contributed by atoms with Crippen molar-refractivity contribution < 1.29 is 14.0 Å². The quantitative estimate of drug-likeness (QED) is 0.698.